The Morgan fingerprint density at radius 1 is 1.32 bits per heavy atom. The summed E-state index contributed by atoms with van der Waals surface area (Å²) in [6.07, 6.45) is 4.33. The van der Waals surface area contributed by atoms with Crippen molar-refractivity contribution < 1.29 is 4.79 Å². The van der Waals surface area contributed by atoms with Crippen molar-refractivity contribution in [3.63, 3.8) is 0 Å². The first kappa shape index (κ1) is 14.8. The molecule has 4 atom stereocenters. The van der Waals surface area contributed by atoms with Crippen LogP contribution < -0.4 is 5.73 Å². The lowest BCUT2D eigenvalue weighted by Crippen LogP contribution is -2.52. The smallest absolute Gasteiger partial charge is 0.226 e. The molecule has 1 aliphatic carbocycles. The van der Waals surface area contributed by atoms with E-state index >= 15 is 0 Å². The topological polar surface area (TPSA) is 46.3 Å². The van der Waals surface area contributed by atoms with Crippen LogP contribution in [0.25, 0.3) is 0 Å². The number of likely N-dealkylation sites (tertiary alicyclic amines) is 1. The Kier molecular flexibility index (Phi) is 4.24. The molecular formula is C16H30N2O. The summed E-state index contributed by atoms with van der Waals surface area (Å²) in [5.74, 6) is 1.69. The molecule has 0 radical (unpaired) electrons. The summed E-state index contributed by atoms with van der Waals surface area (Å²) < 4.78 is 0. The largest absolute Gasteiger partial charge is 0.342 e. The maximum absolute atomic E-state index is 12.8. The Morgan fingerprint density at radius 3 is 2.58 bits per heavy atom. The third-order valence-electron chi connectivity index (χ3n) is 5.98. The van der Waals surface area contributed by atoms with Gasteiger partial charge in [0.2, 0.25) is 5.91 Å². The zero-order chi connectivity index (χ0) is 14.2. The van der Waals surface area contributed by atoms with Crippen molar-refractivity contribution in [3.05, 3.63) is 0 Å². The molecule has 2 fully saturated rings. The van der Waals surface area contributed by atoms with Gasteiger partial charge in [0.05, 0.1) is 0 Å². The predicted molar refractivity (Wildman–Crippen MR) is 78.6 cm³/mol. The molecule has 2 N–H and O–H groups in total. The lowest BCUT2D eigenvalue weighted by atomic mass is 9.60. The van der Waals surface area contributed by atoms with Crippen molar-refractivity contribution in [1.82, 2.24) is 4.90 Å². The second kappa shape index (κ2) is 5.43. The minimum atomic E-state index is 0.0268. The van der Waals surface area contributed by atoms with Gasteiger partial charge < -0.3 is 10.6 Å². The molecule has 110 valence electrons. The first-order chi connectivity index (χ1) is 8.87. The lowest BCUT2D eigenvalue weighted by Gasteiger charge is -2.47. The summed E-state index contributed by atoms with van der Waals surface area (Å²) in [5, 5.41) is 0. The second-order valence-corrected chi connectivity index (χ2v) is 7.25. The summed E-state index contributed by atoms with van der Waals surface area (Å²) >= 11 is 0. The van der Waals surface area contributed by atoms with E-state index in [1.165, 1.54) is 12.8 Å². The molecule has 1 heterocycles. The molecule has 19 heavy (non-hydrogen) atoms. The highest BCUT2D eigenvalue weighted by atomic mass is 16.2. The molecule has 3 heteroatoms. The fraction of sp³-hybridized carbons (Fsp3) is 0.938. The van der Waals surface area contributed by atoms with Crippen LogP contribution in [0, 0.1) is 23.2 Å². The average molecular weight is 266 g/mol. The van der Waals surface area contributed by atoms with Crippen LogP contribution >= 0.6 is 0 Å². The maximum Gasteiger partial charge on any atom is 0.226 e. The molecule has 0 aromatic carbocycles. The van der Waals surface area contributed by atoms with E-state index in [1.807, 2.05) is 0 Å². The lowest BCUT2D eigenvalue weighted by molar-refractivity contribution is -0.142. The third-order valence-corrected chi connectivity index (χ3v) is 5.98. The Balaban J connectivity index is 2.07. The minimum absolute atomic E-state index is 0.0268. The molecule has 1 saturated heterocycles. The van der Waals surface area contributed by atoms with Crippen molar-refractivity contribution in [2.24, 2.45) is 28.9 Å². The van der Waals surface area contributed by atoms with Crippen LogP contribution in [0.3, 0.4) is 0 Å². The second-order valence-electron chi connectivity index (χ2n) is 7.25. The molecule has 1 aliphatic heterocycles. The number of rotatable bonds is 2. The van der Waals surface area contributed by atoms with E-state index < -0.39 is 0 Å². The molecule has 0 aromatic heterocycles. The number of amides is 1. The first-order valence-corrected chi connectivity index (χ1v) is 7.92. The van der Waals surface area contributed by atoms with E-state index in [-0.39, 0.29) is 17.4 Å². The SMILES string of the molecule is CCC1CCN(C(=O)C2CCC(N)C(C)C2(C)C)C1. The number of carbonyl (C=O) groups is 1. The molecule has 1 saturated carbocycles. The number of nitrogens with zero attached hydrogens (tertiary/aromatic N) is 1. The van der Waals surface area contributed by atoms with E-state index in [0.717, 1.165) is 31.8 Å². The summed E-state index contributed by atoms with van der Waals surface area (Å²) in [5.41, 5.74) is 6.22. The fourth-order valence-electron chi connectivity index (χ4n) is 3.88. The Morgan fingerprint density at radius 2 is 2.00 bits per heavy atom. The van der Waals surface area contributed by atoms with Gasteiger partial charge in [-0.1, -0.05) is 34.1 Å². The summed E-state index contributed by atoms with van der Waals surface area (Å²) in [4.78, 5) is 14.9. The zero-order valence-electron chi connectivity index (χ0n) is 13.0. The fourth-order valence-corrected chi connectivity index (χ4v) is 3.88. The average Bonchev–Trinajstić information content (AvgIpc) is 2.84. The van der Waals surface area contributed by atoms with Crippen molar-refractivity contribution in [2.45, 2.75) is 59.4 Å². The van der Waals surface area contributed by atoms with Gasteiger partial charge in [0.15, 0.2) is 0 Å². The Bertz CT molecular complexity index is 340. The van der Waals surface area contributed by atoms with Gasteiger partial charge in [0.1, 0.15) is 0 Å². The predicted octanol–water partition coefficient (Wildman–Crippen LogP) is 2.64. The van der Waals surface area contributed by atoms with Crippen LogP contribution in [-0.2, 0) is 4.79 Å². The van der Waals surface area contributed by atoms with E-state index in [2.05, 4.69) is 32.6 Å². The van der Waals surface area contributed by atoms with Crippen LogP contribution in [-0.4, -0.2) is 29.9 Å². The van der Waals surface area contributed by atoms with Crippen molar-refractivity contribution in [1.29, 1.82) is 0 Å². The van der Waals surface area contributed by atoms with E-state index in [1.54, 1.807) is 0 Å². The Labute approximate surface area is 117 Å². The van der Waals surface area contributed by atoms with Gasteiger partial charge in [0.25, 0.3) is 0 Å². The zero-order valence-corrected chi connectivity index (χ0v) is 13.0. The number of nitrogens with two attached hydrogens (primary N) is 1. The van der Waals surface area contributed by atoms with Crippen molar-refractivity contribution >= 4 is 5.91 Å². The van der Waals surface area contributed by atoms with Crippen LogP contribution in [0.4, 0.5) is 0 Å². The van der Waals surface area contributed by atoms with Crippen LogP contribution in [0.2, 0.25) is 0 Å². The van der Waals surface area contributed by atoms with Gasteiger partial charge in [-0.15, -0.1) is 0 Å². The van der Waals surface area contributed by atoms with Gasteiger partial charge >= 0.3 is 0 Å². The van der Waals surface area contributed by atoms with E-state index in [4.69, 9.17) is 5.73 Å². The van der Waals surface area contributed by atoms with Crippen LogP contribution in [0.5, 0.6) is 0 Å². The monoisotopic (exact) mass is 266 g/mol. The third kappa shape index (κ3) is 2.67. The van der Waals surface area contributed by atoms with Gasteiger partial charge in [-0.2, -0.15) is 0 Å². The highest BCUT2D eigenvalue weighted by Crippen LogP contribution is 2.45. The molecule has 0 spiro atoms. The van der Waals surface area contributed by atoms with E-state index in [9.17, 15) is 4.79 Å². The molecule has 2 rings (SSSR count). The Hall–Kier alpha value is -0.570. The van der Waals surface area contributed by atoms with Gasteiger partial charge in [0, 0.05) is 25.0 Å². The van der Waals surface area contributed by atoms with E-state index in [0.29, 0.717) is 11.8 Å². The summed E-state index contributed by atoms with van der Waals surface area (Å²) in [6, 6.07) is 0.251. The normalized spacial score (nSPS) is 38.5. The molecule has 0 bridgehead atoms. The molecule has 2 aliphatic rings. The highest BCUT2D eigenvalue weighted by molar-refractivity contribution is 5.80. The van der Waals surface area contributed by atoms with Crippen LogP contribution in [0.1, 0.15) is 53.4 Å². The van der Waals surface area contributed by atoms with Gasteiger partial charge in [-0.25, -0.2) is 0 Å². The van der Waals surface area contributed by atoms with Crippen molar-refractivity contribution in [2.75, 3.05) is 13.1 Å². The standard InChI is InChI=1S/C16H30N2O/c1-5-12-8-9-18(10-12)15(19)13-6-7-14(17)11(2)16(13,3)4/h11-14H,5-10,17H2,1-4H3. The molecule has 0 aromatic rings. The highest BCUT2D eigenvalue weighted by Gasteiger charge is 2.46. The van der Waals surface area contributed by atoms with Crippen LogP contribution in [0.15, 0.2) is 0 Å². The van der Waals surface area contributed by atoms with Crippen molar-refractivity contribution in [3.8, 4) is 0 Å². The molecule has 3 nitrogen and oxygen atoms in total. The van der Waals surface area contributed by atoms with Gasteiger partial charge in [-0.3, -0.25) is 4.79 Å². The molecule has 1 amide bonds. The van der Waals surface area contributed by atoms with Gasteiger partial charge in [-0.05, 0) is 36.5 Å². The quantitative estimate of drug-likeness (QED) is 0.835. The molecular weight excluding hydrogens is 236 g/mol. The summed E-state index contributed by atoms with van der Waals surface area (Å²) in [7, 11) is 0. The number of carbonyl (C=O) groups excluding carboxylic acids is 1. The minimum Gasteiger partial charge on any atom is -0.342 e. The maximum atomic E-state index is 12.8. The summed E-state index contributed by atoms with van der Waals surface area (Å²) in [6.45, 7) is 10.8. The molecule has 4 unspecified atom stereocenters. The number of hydrogen-bond acceptors (Lipinski definition) is 2. The first-order valence-electron chi connectivity index (χ1n) is 7.92. The number of hydrogen-bond donors (Lipinski definition) is 1.